The van der Waals surface area contributed by atoms with Gasteiger partial charge in [-0.2, -0.15) is 0 Å². The lowest BCUT2D eigenvalue weighted by Gasteiger charge is -2.36. The van der Waals surface area contributed by atoms with Crippen LogP contribution in [0.4, 0.5) is 4.39 Å². The molecule has 0 bridgehead atoms. The third-order valence-corrected chi connectivity index (χ3v) is 3.49. The molecule has 0 heterocycles. The Balaban J connectivity index is 2.36. The van der Waals surface area contributed by atoms with Crippen LogP contribution in [0.25, 0.3) is 0 Å². The Morgan fingerprint density at radius 2 is 1.73 bits per heavy atom. The van der Waals surface area contributed by atoms with Gasteiger partial charge in [-0.15, -0.1) is 0 Å². The molecule has 1 fully saturated rings. The van der Waals surface area contributed by atoms with Gasteiger partial charge in [0.15, 0.2) is 0 Å². The normalized spacial score (nSPS) is 19.7. The fourth-order valence-electron chi connectivity index (χ4n) is 2.57. The SMILES string of the molecule is CN(N)C1(c2ccc(F)cc2)CCCC1. The van der Waals surface area contributed by atoms with Crippen LogP contribution in [-0.2, 0) is 5.54 Å². The number of hydrazine groups is 1. The van der Waals surface area contributed by atoms with Crippen molar-refractivity contribution in [2.24, 2.45) is 5.84 Å². The van der Waals surface area contributed by atoms with Crippen LogP contribution in [0.3, 0.4) is 0 Å². The Bertz CT molecular complexity index is 326. The summed E-state index contributed by atoms with van der Waals surface area (Å²) in [5, 5.41) is 1.78. The van der Waals surface area contributed by atoms with Crippen LogP contribution in [0, 0.1) is 5.82 Å². The maximum absolute atomic E-state index is 12.9. The Morgan fingerprint density at radius 1 is 1.20 bits per heavy atom. The number of nitrogens with zero attached hydrogens (tertiary/aromatic N) is 1. The van der Waals surface area contributed by atoms with Gasteiger partial charge in [-0.1, -0.05) is 25.0 Å². The predicted octanol–water partition coefficient (Wildman–Crippen LogP) is 2.40. The van der Waals surface area contributed by atoms with E-state index in [9.17, 15) is 4.39 Å². The first-order valence-electron chi connectivity index (χ1n) is 5.40. The van der Waals surface area contributed by atoms with E-state index in [1.807, 2.05) is 19.2 Å². The van der Waals surface area contributed by atoms with E-state index < -0.39 is 0 Å². The summed E-state index contributed by atoms with van der Waals surface area (Å²) in [4.78, 5) is 0. The van der Waals surface area contributed by atoms with Crippen LogP contribution in [0.15, 0.2) is 24.3 Å². The highest BCUT2D eigenvalue weighted by molar-refractivity contribution is 5.26. The molecule has 0 aromatic heterocycles. The molecule has 1 aliphatic carbocycles. The molecule has 0 saturated heterocycles. The summed E-state index contributed by atoms with van der Waals surface area (Å²) in [5.41, 5.74) is 1.06. The smallest absolute Gasteiger partial charge is 0.123 e. The van der Waals surface area contributed by atoms with E-state index in [1.54, 1.807) is 5.01 Å². The maximum atomic E-state index is 12.9. The lowest BCUT2D eigenvalue weighted by molar-refractivity contribution is 0.125. The molecule has 2 nitrogen and oxygen atoms in total. The molecule has 3 heteroatoms. The highest BCUT2D eigenvalue weighted by Crippen LogP contribution is 2.41. The van der Waals surface area contributed by atoms with E-state index >= 15 is 0 Å². The van der Waals surface area contributed by atoms with Crippen LogP contribution < -0.4 is 5.84 Å². The van der Waals surface area contributed by atoms with Gasteiger partial charge in [-0.25, -0.2) is 9.40 Å². The molecule has 1 aliphatic rings. The van der Waals surface area contributed by atoms with Crippen LogP contribution in [0.5, 0.6) is 0 Å². The van der Waals surface area contributed by atoms with Gasteiger partial charge in [0, 0.05) is 7.05 Å². The van der Waals surface area contributed by atoms with Crippen molar-refractivity contribution in [2.75, 3.05) is 7.05 Å². The summed E-state index contributed by atoms with van der Waals surface area (Å²) >= 11 is 0. The minimum absolute atomic E-state index is 0.0757. The monoisotopic (exact) mass is 208 g/mol. The fraction of sp³-hybridized carbons (Fsp3) is 0.500. The second kappa shape index (κ2) is 3.91. The van der Waals surface area contributed by atoms with E-state index in [2.05, 4.69) is 0 Å². The van der Waals surface area contributed by atoms with Gasteiger partial charge < -0.3 is 0 Å². The van der Waals surface area contributed by atoms with Crippen molar-refractivity contribution in [1.82, 2.24) is 5.01 Å². The van der Waals surface area contributed by atoms with Crippen molar-refractivity contribution in [3.05, 3.63) is 35.6 Å². The average Bonchev–Trinajstić information content (AvgIpc) is 2.69. The number of hydrogen-bond donors (Lipinski definition) is 1. The molecule has 0 radical (unpaired) electrons. The zero-order chi connectivity index (χ0) is 10.9. The maximum Gasteiger partial charge on any atom is 0.123 e. The molecule has 2 rings (SSSR count). The minimum atomic E-state index is -0.188. The molecule has 2 N–H and O–H groups in total. The van der Waals surface area contributed by atoms with Gasteiger partial charge >= 0.3 is 0 Å². The second-order valence-corrected chi connectivity index (χ2v) is 4.36. The van der Waals surface area contributed by atoms with Gasteiger partial charge in [0.25, 0.3) is 0 Å². The van der Waals surface area contributed by atoms with Gasteiger partial charge in [0.2, 0.25) is 0 Å². The third-order valence-electron chi connectivity index (χ3n) is 3.49. The molecule has 0 aliphatic heterocycles. The first kappa shape index (κ1) is 10.6. The lowest BCUT2D eigenvalue weighted by Crippen LogP contribution is -2.46. The first-order chi connectivity index (χ1) is 7.15. The standard InChI is InChI=1S/C12H17FN2/c1-15(14)12(8-2-3-9-12)10-4-6-11(13)7-5-10/h4-7H,2-3,8-9,14H2,1H3. The Kier molecular flexibility index (Phi) is 2.76. The Labute approximate surface area is 89.9 Å². The van der Waals surface area contributed by atoms with E-state index in [4.69, 9.17) is 5.84 Å². The van der Waals surface area contributed by atoms with Crippen LogP contribution in [0.1, 0.15) is 31.2 Å². The van der Waals surface area contributed by atoms with E-state index in [1.165, 1.54) is 25.0 Å². The Hall–Kier alpha value is -0.930. The molecule has 82 valence electrons. The molecular formula is C12H17FN2. The molecule has 0 unspecified atom stereocenters. The largest absolute Gasteiger partial charge is 0.268 e. The summed E-state index contributed by atoms with van der Waals surface area (Å²) in [6.07, 6.45) is 4.51. The lowest BCUT2D eigenvalue weighted by atomic mass is 9.88. The molecule has 1 aromatic carbocycles. The zero-order valence-corrected chi connectivity index (χ0v) is 9.04. The molecule has 0 atom stereocenters. The summed E-state index contributed by atoms with van der Waals surface area (Å²) < 4.78 is 12.9. The van der Waals surface area contributed by atoms with Crippen molar-refractivity contribution in [2.45, 2.75) is 31.2 Å². The van der Waals surface area contributed by atoms with E-state index in [-0.39, 0.29) is 11.4 Å². The van der Waals surface area contributed by atoms with Gasteiger partial charge in [0.1, 0.15) is 5.82 Å². The van der Waals surface area contributed by atoms with Gasteiger partial charge in [0.05, 0.1) is 5.54 Å². The Morgan fingerprint density at radius 3 is 2.20 bits per heavy atom. The zero-order valence-electron chi connectivity index (χ0n) is 9.04. The molecule has 0 amide bonds. The average molecular weight is 208 g/mol. The third kappa shape index (κ3) is 1.77. The van der Waals surface area contributed by atoms with Crippen molar-refractivity contribution in [1.29, 1.82) is 0 Å². The van der Waals surface area contributed by atoms with E-state index in [0.29, 0.717) is 0 Å². The van der Waals surface area contributed by atoms with Crippen LogP contribution in [-0.4, -0.2) is 12.1 Å². The van der Waals surface area contributed by atoms with Gasteiger partial charge in [-0.05, 0) is 30.5 Å². The molecule has 15 heavy (non-hydrogen) atoms. The molecule has 1 aromatic rings. The molecular weight excluding hydrogens is 191 g/mol. The van der Waals surface area contributed by atoms with E-state index in [0.717, 1.165) is 18.4 Å². The second-order valence-electron chi connectivity index (χ2n) is 4.36. The predicted molar refractivity (Wildman–Crippen MR) is 58.5 cm³/mol. The fourth-order valence-corrected chi connectivity index (χ4v) is 2.57. The van der Waals surface area contributed by atoms with Crippen LogP contribution in [0.2, 0.25) is 0 Å². The summed E-state index contributed by atoms with van der Waals surface area (Å²) in [7, 11) is 1.90. The summed E-state index contributed by atoms with van der Waals surface area (Å²) in [6, 6.07) is 6.73. The van der Waals surface area contributed by atoms with Crippen molar-refractivity contribution in [3.63, 3.8) is 0 Å². The number of hydrogen-bond acceptors (Lipinski definition) is 2. The van der Waals surface area contributed by atoms with Crippen LogP contribution >= 0.6 is 0 Å². The highest BCUT2D eigenvalue weighted by Gasteiger charge is 2.38. The molecule has 0 spiro atoms. The number of halogens is 1. The summed E-state index contributed by atoms with van der Waals surface area (Å²) in [6.45, 7) is 0. The highest BCUT2D eigenvalue weighted by atomic mass is 19.1. The number of nitrogens with two attached hydrogens (primary N) is 1. The van der Waals surface area contributed by atoms with Crippen molar-refractivity contribution < 1.29 is 4.39 Å². The minimum Gasteiger partial charge on any atom is -0.268 e. The number of benzene rings is 1. The molecule has 1 saturated carbocycles. The first-order valence-corrected chi connectivity index (χ1v) is 5.40. The number of rotatable bonds is 2. The summed E-state index contributed by atoms with van der Waals surface area (Å²) in [5.74, 6) is 5.75. The van der Waals surface area contributed by atoms with Gasteiger partial charge in [-0.3, -0.25) is 5.84 Å². The van der Waals surface area contributed by atoms with Crippen molar-refractivity contribution >= 4 is 0 Å². The topological polar surface area (TPSA) is 29.3 Å². The quantitative estimate of drug-likeness (QED) is 0.597. The van der Waals surface area contributed by atoms with Crippen molar-refractivity contribution in [3.8, 4) is 0 Å².